The van der Waals surface area contributed by atoms with Crippen LogP contribution in [-0.2, 0) is 0 Å². The average Bonchev–Trinajstić information content (AvgIpc) is 3.60. The van der Waals surface area contributed by atoms with E-state index in [-0.39, 0.29) is 5.91 Å². The fourth-order valence-electron chi connectivity index (χ4n) is 3.62. The highest BCUT2D eigenvalue weighted by molar-refractivity contribution is 5.96. The molecule has 31 heavy (non-hydrogen) atoms. The monoisotopic (exact) mass is 418 g/mol. The van der Waals surface area contributed by atoms with Gasteiger partial charge in [0.15, 0.2) is 5.82 Å². The second-order valence-electron chi connectivity index (χ2n) is 8.32. The van der Waals surface area contributed by atoms with Gasteiger partial charge in [-0.3, -0.25) is 4.79 Å². The molecule has 160 valence electrons. The van der Waals surface area contributed by atoms with Crippen molar-refractivity contribution in [2.45, 2.75) is 25.8 Å². The second-order valence-corrected chi connectivity index (χ2v) is 8.32. The van der Waals surface area contributed by atoms with Gasteiger partial charge in [-0.15, -0.1) is 0 Å². The molecular weight excluding hydrogens is 392 g/mol. The molecule has 2 N–H and O–H groups in total. The van der Waals surface area contributed by atoms with E-state index in [1.54, 1.807) is 6.20 Å². The van der Waals surface area contributed by atoms with Crippen LogP contribution in [0.2, 0.25) is 0 Å². The van der Waals surface area contributed by atoms with Gasteiger partial charge in [0.25, 0.3) is 5.91 Å². The summed E-state index contributed by atoms with van der Waals surface area (Å²) >= 11 is 0. The van der Waals surface area contributed by atoms with E-state index in [1.165, 1.54) is 6.33 Å². The Morgan fingerprint density at radius 1 is 1.10 bits per heavy atom. The van der Waals surface area contributed by atoms with Crippen LogP contribution in [0.3, 0.4) is 0 Å². The van der Waals surface area contributed by atoms with E-state index in [0.29, 0.717) is 34.4 Å². The molecule has 5 rings (SSSR count). The Balaban J connectivity index is 1.44. The van der Waals surface area contributed by atoms with E-state index in [9.17, 15) is 4.79 Å². The molecule has 0 radical (unpaired) electrons. The second kappa shape index (κ2) is 8.07. The molecule has 0 bridgehead atoms. The summed E-state index contributed by atoms with van der Waals surface area (Å²) < 4.78 is 0. The van der Waals surface area contributed by atoms with Crippen LogP contribution in [0, 0.1) is 6.92 Å². The zero-order valence-corrected chi connectivity index (χ0v) is 17.8. The Labute approximate surface area is 180 Å². The number of anilines is 3. The number of nitrogens with zero attached hydrogens (tertiary/aromatic N) is 6. The van der Waals surface area contributed by atoms with Gasteiger partial charge in [-0.1, -0.05) is 6.07 Å². The van der Waals surface area contributed by atoms with Gasteiger partial charge in [-0.05, 0) is 44.5 Å². The van der Waals surface area contributed by atoms with E-state index in [4.69, 9.17) is 4.98 Å². The Morgan fingerprint density at radius 3 is 2.68 bits per heavy atom. The number of nitrogens with one attached hydrogen (secondary N) is 2. The smallest absolute Gasteiger partial charge is 0.251 e. The van der Waals surface area contributed by atoms with E-state index in [2.05, 4.69) is 42.4 Å². The number of benzene rings is 1. The van der Waals surface area contributed by atoms with Crippen LogP contribution < -0.4 is 15.5 Å². The molecule has 3 heterocycles. The topological polar surface area (TPSA) is 99.2 Å². The predicted molar refractivity (Wildman–Crippen MR) is 120 cm³/mol. The van der Waals surface area contributed by atoms with Crippen LogP contribution in [0.1, 0.15) is 28.8 Å². The number of aromatic nitrogens is 4. The molecule has 1 saturated carbocycles. The summed E-state index contributed by atoms with van der Waals surface area (Å²) in [4.78, 5) is 35.0. The molecule has 1 aliphatic carbocycles. The van der Waals surface area contributed by atoms with Crippen molar-refractivity contribution in [2.24, 2.45) is 0 Å². The molecule has 3 aromatic rings. The van der Waals surface area contributed by atoms with E-state index in [1.807, 2.05) is 25.1 Å². The fraction of sp³-hybridized carbons (Fsp3) is 0.409. The molecule has 0 spiro atoms. The maximum atomic E-state index is 12.5. The van der Waals surface area contributed by atoms with Gasteiger partial charge in [0, 0.05) is 43.5 Å². The standard InChI is InChI=1S/C22H26N8O/c1-14-3-4-15(21(31)26-16-5-6-16)11-17(14)27-20-19-18(24-13-25-20)12-23-22(28-19)30-9-7-29(2)8-10-30/h3-4,11-13,16H,5-10H2,1-2H3,(H,26,31)(H,24,25,27). The Bertz CT molecular complexity index is 1120. The number of fused-ring (bicyclic) bond motifs is 1. The summed E-state index contributed by atoms with van der Waals surface area (Å²) in [5.41, 5.74) is 3.81. The fourth-order valence-corrected chi connectivity index (χ4v) is 3.62. The minimum Gasteiger partial charge on any atom is -0.349 e. The third kappa shape index (κ3) is 4.27. The molecule has 0 unspecified atom stereocenters. The SMILES string of the molecule is Cc1ccc(C(=O)NC2CC2)cc1Nc1ncnc2cnc(N3CCN(C)CC3)nc12. The first-order valence-electron chi connectivity index (χ1n) is 10.7. The van der Waals surface area contributed by atoms with Crippen molar-refractivity contribution < 1.29 is 4.79 Å². The number of hydrogen-bond acceptors (Lipinski definition) is 8. The molecule has 1 saturated heterocycles. The zero-order chi connectivity index (χ0) is 21.4. The van der Waals surface area contributed by atoms with Gasteiger partial charge in [-0.2, -0.15) is 0 Å². The van der Waals surface area contributed by atoms with Gasteiger partial charge in [-0.25, -0.2) is 19.9 Å². The van der Waals surface area contributed by atoms with Crippen LogP contribution in [-0.4, -0.2) is 70.0 Å². The van der Waals surface area contributed by atoms with Gasteiger partial charge >= 0.3 is 0 Å². The van der Waals surface area contributed by atoms with Crippen molar-refractivity contribution in [2.75, 3.05) is 43.4 Å². The highest BCUT2D eigenvalue weighted by Crippen LogP contribution is 2.26. The first-order valence-corrected chi connectivity index (χ1v) is 10.7. The van der Waals surface area contributed by atoms with Crippen molar-refractivity contribution in [1.29, 1.82) is 0 Å². The Kier molecular flexibility index (Phi) is 5.11. The third-order valence-corrected chi connectivity index (χ3v) is 5.82. The number of likely N-dealkylation sites (N-methyl/N-ethyl adjacent to an activating group) is 1. The molecule has 9 nitrogen and oxygen atoms in total. The average molecular weight is 419 g/mol. The zero-order valence-electron chi connectivity index (χ0n) is 17.8. The molecule has 2 aliphatic rings. The van der Waals surface area contributed by atoms with E-state index < -0.39 is 0 Å². The van der Waals surface area contributed by atoms with Crippen LogP contribution in [0.15, 0.2) is 30.7 Å². The van der Waals surface area contributed by atoms with Crippen molar-refractivity contribution in [1.82, 2.24) is 30.2 Å². The van der Waals surface area contributed by atoms with Crippen molar-refractivity contribution in [3.8, 4) is 0 Å². The molecule has 0 atom stereocenters. The number of aryl methyl sites for hydroxylation is 1. The lowest BCUT2D eigenvalue weighted by molar-refractivity contribution is 0.0951. The molecule has 9 heteroatoms. The highest BCUT2D eigenvalue weighted by atomic mass is 16.1. The Hall–Kier alpha value is -3.33. The van der Waals surface area contributed by atoms with Gasteiger partial charge in [0.1, 0.15) is 17.4 Å². The summed E-state index contributed by atoms with van der Waals surface area (Å²) in [5.74, 6) is 1.25. The first kappa shape index (κ1) is 19.6. The molecule has 1 aliphatic heterocycles. The molecule has 1 aromatic carbocycles. The predicted octanol–water partition coefficient (Wildman–Crippen LogP) is 2.12. The number of rotatable bonds is 5. The number of carbonyl (C=O) groups excluding carboxylic acids is 1. The molecule has 1 amide bonds. The van der Waals surface area contributed by atoms with E-state index in [0.717, 1.165) is 50.3 Å². The lowest BCUT2D eigenvalue weighted by Crippen LogP contribution is -2.45. The number of hydrogen-bond donors (Lipinski definition) is 2. The number of carbonyl (C=O) groups is 1. The third-order valence-electron chi connectivity index (χ3n) is 5.82. The largest absolute Gasteiger partial charge is 0.349 e. The summed E-state index contributed by atoms with van der Waals surface area (Å²) in [5, 5.41) is 6.40. The number of amides is 1. The van der Waals surface area contributed by atoms with Gasteiger partial charge in [0.05, 0.1) is 6.20 Å². The van der Waals surface area contributed by atoms with Crippen LogP contribution in [0.5, 0.6) is 0 Å². The van der Waals surface area contributed by atoms with E-state index >= 15 is 0 Å². The molecule has 2 aromatic heterocycles. The number of piperazine rings is 1. The summed E-state index contributed by atoms with van der Waals surface area (Å²) in [6, 6.07) is 5.98. The van der Waals surface area contributed by atoms with Gasteiger partial charge in [0.2, 0.25) is 5.95 Å². The van der Waals surface area contributed by atoms with Crippen molar-refractivity contribution in [3.63, 3.8) is 0 Å². The minimum absolute atomic E-state index is 0.0437. The Morgan fingerprint density at radius 2 is 1.90 bits per heavy atom. The van der Waals surface area contributed by atoms with Crippen molar-refractivity contribution in [3.05, 3.63) is 41.9 Å². The van der Waals surface area contributed by atoms with Gasteiger partial charge < -0.3 is 20.4 Å². The minimum atomic E-state index is -0.0437. The van der Waals surface area contributed by atoms with Crippen LogP contribution in [0.4, 0.5) is 17.5 Å². The van der Waals surface area contributed by atoms with Crippen LogP contribution in [0.25, 0.3) is 11.0 Å². The lowest BCUT2D eigenvalue weighted by atomic mass is 10.1. The van der Waals surface area contributed by atoms with Crippen LogP contribution >= 0.6 is 0 Å². The maximum Gasteiger partial charge on any atom is 0.251 e. The maximum absolute atomic E-state index is 12.5. The summed E-state index contributed by atoms with van der Waals surface area (Å²) in [7, 11) is 2.12. The highest BCUT2D eigenvalue weighted by Gasteiger charge is 2.24. The normalized spacial score (nSPS) is 17.0. The first-order chi connectivity index (χ1) is 15.1. The quantitative estimate of drug-likeness (QED) is 0.650. The van der Waals surface area contributed by atoms with Crippen molar-refractivity contribution >= 4 is 34.4 Å². The molecule has 2 fully saturated rings. The lowest BCUT2D eigenvalue weighted by Gasteiger charge is -2.32. The summed E-state index contributed by atoms with van der Waals surface area (Å²) in [6.45, 7) is 5.73. The molecular formula is C22H26N8O. The summed E-state index contributed by atoms with van der Waals surface area (Å²) in [6.07, 6.45) is 5.37.